The molecule has 0 radical (unpaired) electrons. The molecule has 0 bridgehead atoms. The molecule has 0 aliphatic heterocycles. The second kappa shape index (κ2) is 10.8. The van der Waals surface area contributed by atoms with Crippen molar-refractivity contribution in [3.63, 3.8) is 0 Å². The van der Waals surface area contributed by atoms with E-state index < -0.39 is 29.3 Å². The van der Waals surface area contributed by atoms with E-state index in [1.165, 1.54) is 44.5 Å². The first-order valence-electron chi connectivity index (χ1n) is 15.3. The van der Waals surface area contributed by atoms with Gasteiger partial charge in [-0.05, 0) is 0 Å². The maximum atomic E-state index is 2.68. The second-order valence-corrected chi connectivity index (χ2v) is 27.8. The molecular formula is C38H48Cl2SiZr. The Kier molecular flexibility index (Phi) is 8.69. The van der Waals surface area contributed by atoms with Gasteiger partial charge in [0.25, 0.3) is 0 Å². The molecule has 0 spiro atoms. The maximum absolute atomic E-state index is 2.68. The molecule has 1 atom stereocenters. The van der Waals surface area contributed by atoms with Gasteiger partial charge in [0.1, 0.15) is 0 Å². The average molecular weight is 695 g/mol. The first-order valence-corrected chi connectivity index (χ1v) is 22.7. The van der Waals surface area contributed by atoms with E-state index in [0.29, 0.717) is 9.54 Å². The molecule has 1 unspecified atom stereocenters. The van der Waals surface area contributed by atoms with Crippen LogP contribution < -0.4 is 24.8 Å². The van der Waals surface area contributed by atoms with Crippen LogP contribution in [0.5, 0.6) is 0 Å². The van der Waals surface area contributed by atoms with Crippen LogP contribution in [0.25, 0.3) is 22.3 Å². The van der Waals surface area contributed by atoms with E-state index in [0.717, 1.165) is 0 Å². The number of rotatable bonds is 3. The molecule has 42 heavy (non-hydrogen) atoms. The van der Waals surface area contributed by atoms with Crippen LogP contribution in [-0.2, 0) is 32.1 Å². The number of fused-ring (bicyclic) bond motifs is 5. The Hall–Kier alpha value is -1.05. The van der Waals surface area contributed by atoms with Gasteiger partial charge in [0.2, 0.25) is 0 Å². The summed E-state index contributed by atoms with van der Waals surface area (Å²) >= 11 is -2.36. The van der Waals surface area contributed by atoms with E-state index in [1.807, 2.05) is 3.28 Å². The van der Waals surface area contributed by atoms with Crippen LogP contribution in [-0.4, -0.2) is 11.3 Å². The van der Waals surface area contributed by atoms with Crippen LogP contribution >= 0.6 is 0 Å². The van der Waals surface area contributed by atoms with Crippen LogP contribution in [0.2, 0.25) is 19.6 Å². The van der Waals surface area contributed by atoms with Crippen LogP contribution in [0.4, 0.5) is 0 Å². The molecule has 0 heterocycles. The fourth-order valence-corrected chi connectivity index (χ4v) is 19.9. The summed E-state index contributed by atoms with van der Waals surface area (Å²) in [4.78, 5) is 0. The van der Waals surface area contributed by atoms with Crippen molar-refractivity contribution in [3.05, 3.63) is 89.9 Å². The summed E-state index contributed by atoms with van der Waals surface area (Å²) < 4.78 is 4.15. The monoisotopic (exact) mass is 692 g/mol. The zero-order chi connectivity index (χ0) is 29.3. The Morgan fingerprint density at radius 1 is 0.714 bits per heavy atom. The second-order valence-electron chi connectivity index (χ2n) is 15.6. The van der Waals surface area contributed by atoms with E-state index in [-0.39, 0.29) is 35.6 Å². The van der Waals surface area contributed by atoms with Gasteiger partial charge in [-0.2, -0.15) is 0 Å². The first kappa shape index (κ1) is 33.8. The molecule has 4 aliphatic rings. The van der Waals surface area contributed by atoms with Gasteiger partial charge in [-0.15, -0.1) is 0 Å². The van der Waals surface area contributed by atoms with Gasteiger partial charge >= 0.3 is 254 Å². The normalized spacial score (nSPS) is 20.8. The number of allylic oxidation sites excluding steroid dienone is 8. The van der Waals surface area contributed by atoms with Gasteiger partial charge in [0, 0.05) is 0 Å². The van der Waals surface area contributed by atoms with Crippen molar-refractivity contribution in [2.75, 3.05) is 0 Å². The molecule has 0 amide bonds. The van der Waals surface area contributed by atoms with Crippen LogP contribution in [0.15, 0.2) is 56.5 Å². The standard InChI is InChI=1S/C25H25.C10H17Si.C3H6.2ClH.Zr/c1-14-12-24(3,4)22-8-16-7-17-9-23-19(15(2)13-25(23,5)6)11-21(17)20(16)10-18(14)22;1-8-6-9(2)10(7-8)11(3,4)5;1-3-2;;;/h7-13H,1-6H3;7-8H,1-5H3;1-2H3;2*1H;/q;;;;;+2/p-2. The fraction of sp³-hybridized carbons (Fsp3) is 0.447. The molecule has 2 aromatic carbocycles. The Bertz CT molecular complexity index is 1590. The quantitative estimate of drug-likeness (QED) is 0.409. The number of benzene rings is 2. The van der Waals surface area contributed by atoms with Crippen LogP contribution in [0, 0.1) is 5.92 Å². The van der Waals surface area contributed by atoms with Crippen molar-refractivity contribution in [2.24, 2.45) is 5.92 Å². The molecule has 4 heteroatoms. The molecule has 0 N–H and O–H groups in total. The minimum atomic E-state index is -2.36. The van der Waals surface area contributed by atoms with Gasteiger partial charge in [0.05, 0.1) is 0 Å². The predicted octanol–water partition coefficient (Wildman–Crippen LogP) is 4.71. The van der Waals surface area contributed by atoms with Crippen molar-refractivity contribution < 1.29 is 46.1 Å². The third-order valence-electron chi connectivity index (χ3n) is 10.3. The molecule has 0 aromatic heterocycles. The van der Waals surface area contributed by atoms with Gasteiger partial charge in [-0.3, -0.25) is 0 Å². The zero-order valence-electron chi connectivity index (χ0n) is 28.0. The summed E-state index contributed by atoms with van der Waals surface area (Å²) in [5.41, 5.74) is 17.1. The average Bonchev–Trinajstić information content (AvgIpc) is 3.45. The van der Waals surface area contributed by atoms with Crippen LogP contribution in [0.3, 0.4) is 0 Å². The van der Waals surface area contributed by atoms with Gasteiger partial charge < -0.3 is 24.8 Å². The van der Waals surface area contributed by atoms with Crippen molar-refractivity contribution in [1.82, 2.24) is 0 Å². The van der Waals surface area contributed by atoms with E-state index in [1.54, 1.807) is 25.1 Å². The summed E-state index contributed by atoms with van der Waals surface area (Å²) in [7, 11) is -1.40. The van der Waals surface area contributed by atoms with Crippen molar-refractivity contribution in [2.45, 2.75) is 103 Å². The topological polar surface area (TPSA) is 0 Å². The molecular weight excluding hydrogens is 647 g/mol. The predicted molar refractivity (Wildman–Crippen MR) is 177 cm³/mol. The Labute approximate surface area is 276 Å². The Balaban J connectivity index is 0.00000202. The third kappa shape index (κ3) is 4.90. The minimum Gasteiger partial charge on any atom is -1.00 e. The molecule has 0 saturated carbocycles. The molecule has 222 valence electrons. The minimum absolute atomic E-state index is 0. The van der Waals surface area contributed by atoms with Gasteiger partial charge in [0.15, 0.2) is 0 Å². The van der Waals surface area contributed by atoms with Gasteiger partial charge in [-0.1, -0.05) is 0 Å². The summed E-state index contributed by atoms with van der Waals surface area (Å²) in [6.07, 6.45) is 7.66. The summed E-state index contributed by atoms with van der Waals surface area (Å²) in [6, 6.07) is 10.5. The molecule has 0 fully saturated rings. The summed E-state index contributed by atoms with van der Waals surface area (Å²) in [6.45, 7) is 31.8. The van der Waals surface area contributed by atoms with Crippen LogP contribution in [0.1, 0.15) is 106 Å². The maximum Gasteiger partial charge on any atom is -1.00 e. The van der Waals surface area contributed by atoms with E-state index in [2.05, 4.69) is 131 Å². The number of hydrogen-bond acceptors (Lipinski definition) is 0. The SMILES string of the molecule is CC1=CC(C)(C)c2cc3c(cc21)-c1cc2c(cc1[CH]3[Zr+2]([C]1=C(C)C([Si](C)(C)C)=CC1C)=[C](C)C)C(C)(C)C=C2C.[Cl-].[Cl-]. The van der Waals surface area contributed by atoms with Crippen molar-refractivity contribution >= 4 is 22.4 Å². The largest absolute Gasteiger partial charge is 1.00 e. The summed E-state index contributed by atoms with van der Waals surface area (Å²) in [5, 5.41) is 1.72. The zero-order valence-corrected chi connectivity index (χ0v) is 32.9. The molecule has 4 aliphatic carbocycles. The summed E-state index contributed by atoms with van der Waals surface area (Å²) in [5.74, 6) is 0.572. The first-order chi connectivity index (χ1) is 18.4. The molecule has 6 rings (SSSR count). The Morgan fingerprint density at radius 3 is 1.50 bits per heavy atom. The van der Waals surface area contributed by atoms with Crippen molar-refractivity contribution in [3.8, 4) is 11.1 Å². The van der Waals surface area contributed by atoms with E-state index in [9.17, 15) is 0 Å². The third-order valence-corrected chi connectivity index (χ3v) is 21.5. The number of halogens is 2. The van der Waals surface area contributed by atoms with E-state index >= 15 is 0 Å². The fourth-order valence-electron chi connectivity index (χ4n) is 8.69. The molecule has 0 nitrogen and oxygen atoms in total. The van der Waals surface area contributed by atoms with Crippen molar-refractivity contribution in [1.29, 1.82) is 0 Å². The number of hydrogen-bond donors (Lipinski definition) is 0. The smallest absolute Gasteiger partial charge is 1.00 e. The van der Waals surface area contributed by atoms with Gasteiger partial charge in [-0.25, -0.2) is 0 Å². The molecule has 2 aromatic rings. The molecule has 0 saturated heterocycles. The van der Waals surface area contributed by atoms with E-state index in [4.69, 9.17) is 0 Å². The Morgan fingerprint density at radius 2 is 1.14 bits per heavy atom.